The smallest absolute Gasteiger partial charge is 0.269 e. The molecule has 2 heterocycles. The summed E-state index contributed by atoms with van der Waals surface area (Å²) in [5.41, 5.74) is 1.43. The van der Waals surface area contributed by atoms with Crippen LogP contribution in [0.4, 0.5) is 0 Å². The highest BCUT2D eigenvalue weighted by atomic mass is 16.5. The lowest BCUT2D eigenvalue weighted by molar-refractivity contribution is -0.169. The van der Waals surface area contributed by atoms with Crippen LogP contribution in [0.25, 0.3) is 5.70 Å². The van der Waals surface area contributed by atoms with Gasteiger partial charge in [-0.3, -0.25) is 19.7 Å². The number of hydrazine groups is 1. The number of methoxy groups -OCH3 is 1. The highest BCUT2D eigenvalue weighted by Gasteiger charge is 2.46. The first-order valence-electron chi connectivity index (χ1n) is 14.3. The predicted molar refractivity (Wildman–Crippen MR) is 158 cm³/mol. The molecule has 2 N–H and O–H groups in total. The van der Waals surface area contributed by atoms with Gasteiger partial charge in [-0.1, -0.05) is 74.5 Å². The van der Waals surface area contributed by atoms with Crippen molar-refractivity contribution >= 4 is 23.4 Å². The Morgan fingerprint density at radius 2 is 1.74 bits per heavy atom. The van der Waals surface area contributed by atoms with E-state index in [0.717, 1.165) is 5.56 Å². The first kappa shape index (κ1) is 31.4. The summed E-state index contributed by atoms with van der Waals surface area (Å²) in [5, 5.41) is 17.5. The lowest BCUT2D eigenvalue weighted by Crippen LogP contribution is -2.61. The summed E-state index contributed by atoms with van der Waals surface area (Å²) >= 11 is 0. The molecular formula is C32H42N4O6. The average Bonchev–Trinajstić information content (AvgIpc) is 3.33. The van der Waals surface area contributed by atoms with Crippen LogP contribution >= 0.6 is 0 Å². The molecule has 0 aliphatic carbocycles. The van der Waals surface area contributed by atoms with E-state index in [2.05, 4.69) is 5.32 Å². The van der Waals surface area contributed by atoms with E-state index in [-0.39, 0.29) is 30.4 Å². The fraction of sp³-hybridized carbons (Fsp3) is 0.469. The second-order valence-corrected chi connectivity index (χ2v) is 11.8. The van der Waals surface area contributed by atoms with Crippen LogP contribution in [-0.4, -0.2) is 82.0 Å². The Morgan fingerprint density at radius 3 is 2.26 bits per heavy atom. The third-order valence-electron chi connectivity index (χ3n) is 7.50. The van der Waals surface area contributed by atoms with E-state index in [9.17, 15) is 19.5 Å². The molecule has 4 atom stereocenters. The zero-order valence-electron chi connectivity index (χ0n) is 25.2. The van der Waals surface area contributed by atoms with Gasteiger partial charge in [-0.05, 0) is 25.3 Å². The maximum absolute atomic E-state index is 14.5. The standard InChI is InChI=1S/C32H42N4O6/c1-21(2)29-31(40)36(26(24-15-11-8-12-16-24)18-34(29)28(39)19-41-6)35(22(3)37)25(23-13-9-7-10-14-23)17-27(38)30-33-32(4,5)20-42-30/h7-16,18,21,25,27,29-30,33,38H,17,19-20H2,1-6H3/t25?,27?,29?,30-/m0/s1. The Kier molecular flexibility index (Phi) is 9.83. The molecule has 2 aliphatic heterocycles. The monoisotopic (exact) mass is 578 g/mol. The lowest BCUT2D eigenvalue weighted by atomic mass is 9.96. The van der Waals surface area contributed by atoms with Crippen LogP contribution in [0.1, 0.15) is 58.2 Å². The highest BCUT2D eigenvalue weighted by Crippen LogP contribution is 2.37. The van der Waals surface area contributed by atoms with Crippen molar-refractivity contribution in [3.05, 3.63) is 78.0 Å². The molecule has 226 valence electrons. The molecule has 0 spiro atoms. The zero-order chi connectivity index (χ0) is 30.6. The summed E-state index contributed by atoms with van der Waals surface area (Å²) in [4.78, 5) is 42.8. The first-order chi connectivity index (χ1) is 19.9. The highest BCUT2D eigenvalue weighted by molar-refractivity contribution is 5.98. The van der Waals surface area contributed by atoms with Gasteiger partial charge in [0.05, 0.1) is 24.4 Å². The molecule has 10 heteroatoms. The Labute approximate surface area is 247 Å². The quantitative estimate of drug-likeness (QED) is 0.445. The normalized spacial score (nSPS) is 21.7. The van der Waals surface area contributed by atoms with Crippen LogP contribution in [0.2, 0.25) is 0 Å². The molecule has 2 aromatic carbocycles. The molecule has 4 rings (SSSR count). The number of benzene rings is 2. The predicted octanol–water partition coefficient (Wildman–Crippen LogP) is 3.31. The van der Waals surface area contributed by atoms with Gasteiger partial charge < -0.3 is 19.5 Å². The average molecular weight is 579 g/mol. The topological polar surface area (TPSA) is 112 Å². The van der Waals surface area contributed by atoms with Crippen LogP contribution in [-0.2, 0) is 23.9 Å². The van der Waals surface area contributed by atoms with Crippen molar-refractivity contribution in [2.45, 2.75) is 71.0 Å². The Hall–Kier alpha value is -3.57. The largest absolute Gasteiger partial charge is 0.389 e. The third-order valence-corrected chi connectivity index (χ3v) is 7.50. The number of carbonyl (C=O) groups excluding carboxylic acids is 3. The van der Waals surface area contributed by atoms with Gasteiger partial charge in [0.15, 0.2) is 0 Å². The van der Waals surface area contributed by atoms with Gasteiger partial charge in [0.25, 0.3) is 11.8 Å². The molecule has 3 amide bonds. The molecule has 42 heavy (non-hydrogen) atoms. The minimum absolute atomic E-state index is 0.0852. The van der Waals surface area contributed by atoms with Crippen molar-refractivity contribution in [1.29, 1.82) is 0 Å². The number of carbonyl (C=O) groups is 3. The van der Waals surface area contributed by atoms with Gasteiger partial charge in [-0.15, -0.1) is 0 Å². The van der Waals surface area contributed by atoms with E-state index in [1.54, 1.807) is 6.20 Å². The fourth-order valence-electron chi connectivity index (χ4n) is 5.57. The summed E-state index contributed by atoms with van der Waals surface area (Å²) in [6, 6.07) is 16.9. The van der Waals surface area contributed by atoms with E-state index in [1.165, 1.54) is 29.0 Å². The van der Waals surface area contributed by atoms with Gasteiger partial charge in [0, 0.05) is 37.8 Å². The lowest BCUT2D eigenvalue weighted by Gasteiger charge is -2.47. The molecule has 1 saturated heterocycles. The minimum Gasteiger partial charge on any atom is -0.389 e. The van der Waals surface area contributed by atoms with Crippen LogP contribution in [0, 0.1) is 5.92 Å². The summed E-state index contributed by atoms with van der Waals surface area (Å²) in [5.74, 6) is -1.47. The molecule has 0 radical (unpaired) electrons. The molecule has 10 nitrogen and oxygen atoms in total. The van der Waals surface area contributed by atoms with Crippen molar-refractivity contribution in [2.75, 3.05) is 20.3 Å². The van der Waals surface area contributed by atoms with Gasteiger partial charge >= 0.3 is 0 Å². The van der Waals surface area contributed by atoms with E-state index in [0.29, 0.717) is 17.9 Å². The second kappa shape index (κ2) is 13.2. The minimum atomic E-state index is -0.997. The molecule has 3 unspecified atom stereocenters. The van der Waals surface area contributed by atoms with Crippen LogP contribution < -0.4 is 5.32 Å². The van der Waals surface area contributed by atoms with Gasteiger partial charge in [0.1, 0.15) is 18.9 Å². The van der Waals surface area contributed by atoms with Crippen molar-refractivity contribution < 1.29 is 29.0 Å². The Morgan fingerprint density at radius 1 is 1.12 bits per heavy atom. The maximum atomic E-state index is 14.5. The molecule has 0 saturated carbocycles. The number of ether oxygens (including phenoxy) is 2. The van der Waals surface area contributed by atoms with E-state index >= 15 is 0 Å². The molecule has 1 fully saturated rings. The van der Waals surface area contributed by atoms with Gasteiger partial charge in [-0.25, -0.2) is 10.0 Å². The molecular weight excluding hydrogens is 536 g/mol. The number of nitrogens with zero attached hydrogens (tertiary/aromatic N) is 3. The second-order valence-electron chi connectivity index (χ2n) is 11.8. The molecule has 2 aliphatic rings. The van der Waals surface area contributed by atoms with E-state index < -0.39 is 36.2 Å². The number of nitrogens with one attached hydrogen (secondary N) is 1. The molecule has 2 aromatic rings. The summed E-state index contributed by atoms with van der Waals surface area (Å²) < 4.78 is 11.0. The number of aliphatic hydroxyl groups excluding tert-OH is 1. The summed E-state index contributed by atoms with van der Waals surface area (Å²) in [6.07, 6.45) is 0.0683. The van der Waals surface area contributed by atoms with Crippen LogP contribution in [0.5, 0.6) is 0 Å². The van der Waals surface area contributed by atoms with Crippen molar-refractivity contribution in [1.82, 2.24) is 20.2 Å². The number of hydrogen-bond donors (Lipinski definition) is 2. The zero-order valence-corrected chi connectivity index (χ0v) is 25.2. The SMILES string of the molecule is COCC(=O)N1C=C(c2ccccc2)N(N(C(C)=O)C(CC(O)[C@H]2NC(C)(C)CO2)c2ccccc2)C(=O)C1C(C)C. The van der Waals surface area contributed by atoms with Gasteiger partial charge in [-0.2, -0.15) is 0 Å². The van der Waals surface area contributed by atoms with Gasteiger partial charge in [0.2, 0.25) is 5.91 Å². The fourth-order valence-corrected chi connectivity index (χ4v) is 5.57. The van der Waals surface area contributed by atoms with E-state index in [1.807, 2.05) is 88.4 Å². The third kappa shape index (κ3) is 6.73. The van der Waals surface area contributed by atoms with Crippen LogP contribution in [0.15, 0.2) is 66.9 Å². The van der Waals surface area contributed by atoms with Crippen molar-refractivity contribution in [3.8, 4) is 0 Å². The summed E-state index contributed by atoms with van der Waals surface area (Å²) in [7, 11) is 1.43. The van der Waals surface area contributed by atoms with Crippen LogP contribution in [0.3, 0.4) is 0 Å². The van der Waals surface area contributed by atoms with Crippen molar-refractivity contribution in [2.24, 2.45) is 5.92 Å². The first-order valence-corrected chi connectivity index (χ1v) is 14.3. The number of aliphatic hydroxyl groups is 1. The van der Waals surface area contributed by atoms with Crippen molar-refractivity contribution in [3.63, 3.8) is 0 Å². The maximum Gasteiger partial charge on any atom is 0.269 e. The number of amides is 3. The molecule has 0 aromatic heterocycles. The molecule has 0 bridgehead atoms. The van der Waals surface area contributed by atoms with E-state index in [4.69, 9.17) is 9.47 Å². The number of rotatable bonds is 10. The summed E-state index contributed by atoms with van der Waals surface area (Å²) in [6.45, 7) is 9.32. The Balaban J connectivity index is 1.86. The Bertz CT molecular complexity index is 1280. The number of hydrogen-bond acceptors (Lipinski definition) is 7.